The number of imidazole rings is 1. The average Bonchev–Trinajstić information content (AvgIpc) is 3.43. The Labute approximate surface area is 204 Å². The minimum atomic E-state index is -0.678. The number of anilines is 1. The van der Waals surface area contributed by atoms with E-state index in [4.69, 9.17) is 16.0 Å². The Bertz CT molecular complexity index is 1680. The highest BCUT2D eigenvalue weighted by atomic mass is 19.1. The number of piperidine rings is 1. The molecule has 0 radical (unpaired) electrons. The first-order chi connectivity index (χ1) is 17.4. The molecule has 1 aliphatic rings. The van der Waals surface area contributed by atoms with Crippen LogP contribution in [0.5, 0.6) is 0 Å². The van der Waals surface area contributed by atoms with Crippen molar-refractivity contribution in [1.29, 1.82) is 5.26 Å². The van der Waals surface area contributed by atoms with Crippen LogP contribution in [0.15, 0.2) is 42.7 Å². The standard InChI is InChI=1S/C25H21F2N9/c1-34-21-11-19(27)17(10-20(21)32-33-34)23-22(14-4-5-15(12-28)18(26)9-14)31-25-24(30-6-8-36(23)25)35-7-2-3-16(29)13-35/h4-6,8-11,16H,2-3,7,13,29H2,1H3. The zero-order chi connectivity index (χ0) is 25.0. The van der Waals surface area contributed by atoms with Gasteiger partial charge >= 0.3 is 0 Å². The van der Waals surface area contributed by atoms with E-state index in [-0.39, 0.29) is 17.2 Å². The highest BCUT2D eigenvalue weighted by molar-refractivity contribution is 5.89. The number of nitrogens with two attached hydrogens (primary N) is 1. The van der Waals surface area contributed by atoms with Crippen molar-refractivity contribution in [2.75, 3.05) is 18.0 Å². The maximum atomic E-state index is 15.6. The molecule has 0 saturated carbocycles. The maximum Gasteiger partial charge on any atom is 0.181 e. The number of benzene rings is 2. The number of aryl methyl sites for hydroxylation is 1. The highest BCUT2D eigenvalue weighted by Crippen LogP contribution is 2.38. The van der Waals surface area contributed by atoms with E-state index in [0.717, 1.165) is 19.4 Å². The summed E-state index contributed by atoms with van der Waals surface area (Å²) in [4.78, 5) is 11.5. The summed E-state index contributed by atoms with van der Waals surface area (Å²) in [7, 11) is 1.69. The van der Waals surface area contributed by atoms with Crippen LogP contribution < -0.4 is 10.6 Å². The van der Waals surface area contributed by atoms with Crippen LogP contribution in [0.3, 0.4) is 0 Å². The summed E-state index contributed by atoms with van der Waals surface area (Å²) in [5, 5.41) is 17.3. The summed E-state index contributed by atoms with van der Waals surface area (Å²) < 4.78 is 33.5. The second kappa shape index (κ2) is 8.35. The second-order valence-corrected chi connectivity index (χ2v) is 8.94. The molecule has 0 spiro atoms. The third kappa shape index (κ3) is 3.46. The van der Waals surface area contributed by atoms with E-state index in [1.54, 1.807) is 36.0 Å². The summed E-state index contributed by atoms with van der Waals surface area (Å²) in [6, 6.07) is 9.07. The number of fused-ring (bicyclic) bond motifs is 2. The molecule has 5 aromatic rings. The lowest BCUT2D eigenvalue weighted by Crippen LogP contribution is -2.43. The molecule has 1 aliphatic heterocycles. The summed E-state index contributed by atoms with van der Waals surface area (Å²) >= 11 is 0. The van der Waals surface area contributed by atoms with Crippen molar-refractivity contribution in [2.45, 2.75) is 18.9 Å². The van der Waals surface area contributed by atoms with Crippen LogP contribution >= 0.6 is 0 Å². The van der Waals surface area contributed by atoms with Gasteiger partial charge in [0.25, 0.3) is 0 Å². The lowest BCUT2D eigenvalue weighted by molar-refractivity contribution is 0.503. The Hall–Kier alpha value is -4.43. The van der Waals surface area contributed by atoms with Gasteiger partial charge in [0.1, 0.15) is 23.2 Å². The fourth-order valence-electron chi connectivity index (χ4n) is 4.84. The van der Waals surface area contributed by atoms with Gasteiger partial charge in [0.05, 0.1) is 22.5 Å². The third-order valence-corrected chi connectivity index (χ3v) is 6.60. The summed E-state index contributed by atoms with van der Waals surface area (Å²) in [5.74, 6) is -0.554. The van der Waals surface area contributed by atoms with Crippen molar-refractivity contribution in [3.05, 3.63) is 59.9 Å². The molecular weight excluding hydrogens is 464 g/mol. The predicted octanol–water partition coefficient (Wildman–Crippen LogP) is 3.42. The fourth-order valence-corrected chi connectivity index (χ4v) is 4.84. The van der Waals surface area contributed by atoms with Crippen LogP contribution in [0.25, 0.3) is 39.2 Å². The molecule has 0 aliphatic carbocycles. The molecule has 1 fully saturated rings. The SMILES string of the molecule is Cn1nnc2cc(-c3c(-c4ccc(C#N)c(F)c4)nc4c(N5CCCC(N)C5)nccn34)c(F)cc21. The molecular formula is C25H21F2N9. The number of rotatable bonds is 3. The number of hydrogen-bond acceptors (Lipinski definition) is 7. The van der Waals surface area contributed by atoms with Crippen LogP contribution in [0.2, 0.25) is 0 Å². The summed E-state index contributed by atoms with van der Waals surface area (Å²) in [6.45, 7) is 1.39. The van der Waals surface area contributed by atoms with Crippen molar-refractivity contribution < 1.29 is 8.78 Å². The summed E-state index contributed by atoms with van der Waals surface area (Å²) in [6.07, 6.45) is 5.19. The van der Waals surface area contributed by atoms with E-state index >= 15 is 4.39 Å². The Balaban J connectivity index is 1.64. The average molecular weight is 486 g/mol. The largest absolute Gasteiger partial charge is 0.352 e. The van der Waals surface area contributed by atoms with Gasteiger partial charge in [-0.05, 0) is 31.0 Å². The normalized spacial score (nSPS) is 16.1. The molecule has 9 nitrogen and oxygen atoms in total. The van der Waals surface area contributed by atoms with Crippen LogP contribution in [0.1, 0.15) is 18.4 Å². The Morgan fingerprint density at radius 2 is 2.03 bits per heavy atom. The van der Waals surface area contributed by atoms with Crippen LogP contribution in [-0.4, -0.2) is 48.5 Å². The van der Waals surface area contributed by atoms with Crippen molar-refractivity contribution in [3.8, 4) is 28.6 Å². The molecule has 1 atom stereocenters. The highest BCUT2D eigenvalue weighted by Gasteiger charge is 2.26. The second-order valence-electron chi connectivity index (χ2n) is 8.94. The Morgan fingerprint density at radius 3 is 2.81 bits per heavy atom. The number of nitrogens with zero attached hydrogens (tertiary/aromatic N) is 8. The van der Waals surface area contributed by atoms with E-state index in [1.807, 2.05) is 6.07 Å². The van der Waals surface area contributed by atoms with E-state index in [0.29, 0.717) is 46.0 Å². The van der Waals surface area contributed by atoms with E-state index < -0.39 is 11.6 Å². The molecule has 0 amide bonds. The fraction of sp³-hybridized carbons (Fsp3) is 0.240. The molecule has 2 aromatic carbocycles. The van der Waals surface area contributed by atoms with E-state index in [2.05, 4.69) is 20.2 Å². The van der Waals surface area contributed by atoms with Gasteiger partial charge in [-0.1, -0.05) is 11.3 Å². The minimum Gasteiger partial charge on any atom is -0.352 e. The zero-order valence-corrected chi connectivity index (χ0v) is 19.4. The third-order valence-electron chi connectivity index (χ3n) is 6.60. The molecule has 3 aromatic heterocycles. The number of nitriles is 1. The molecule has 11 heteroatoms. The number of halogens is 2. The molecule has 2 N–H and O–H groups in total. The lowest BCUT2D eigenvalue weighted by Gasteiger charge is -2.31. The molecule has 1 saturated heterocycles. The minimum absolute atomic E-state index is 0.0128. The van der Waals surface area contributed by atoms with Crippen LogP contribution in [0, 0.1) is 23.0 Å². The predicted molar refractivity (Wildman–Crippen MR) is 130 cm³/mol. The van der Waals surface area contributed by atoms with Crippen molar-refractivity contribution >= 4 is 22.5 Å². The van der Waals surface area contributed by atoms with E-state index in [1.165, 1.54) is 22.9 Å². The Morgan fingerprint density at radius 1 is 1.17 bits per heavy atom. The van der Waals surface area contributed by atoms with Gasteiger partial charge in [-0.15, -0.1) is 5.10 Å². The smallest absolute Gasteiger partial charge is 0.181 e. The number of hydrogen-bond donors (Lipinski definition) is 1. The first-order valence-electron chi connectivity index (χ1n) is 11.5. The summed E-state index contributed by atoms with van der Waals surface area (Å²) in [5.41, 5.74) is 9.11. The van der Waals surface area contributed by atoms with E-state index in [9.17, 15) is 4.39 Å². The van der Waals surface area contributed by atoms with Crippen molar-refractivity contribution in [3.63, 3.8) is 0 Å². The topological polar surface area (TPSA) is 114 Å². The van der Waals surface area contributed by atoms with Gasteiger partial charge in [0.2, 0.25) is 0 Å². The first-order valence-corrected chi connectivity index (χ1v) is 11.5. The van der Waals surface area contributed by atoms with Crippen molar-refractivity contribution in [2.24, 2.45) is 12.8 Å². The van der Waals surface area contributed by atoms with Gasteiger partial charge in [-0.3, -0.25) is 4.40 Å². The molecule has 180 valence electrons. The monoisotopic (exact) mass is 485 g/mol. The molecule has 4 heterocycles. The Kier molecular flexibility index (Phi) is 5.12. The van der Waals surface area contributed by atoms with Gasteiger partial charge in [-0.25, -0.2) is 23.4 Å². The van der Waals surface area contributed by atoms with Gasteiger partial charge in [0, 0.05) is 55.8 Å². The number of aromatic nitrogens is 6. The molecule has 1 unspecified atom stereocenters. The zero-order valence-electron chi connectivity index (χ0n) is 19.4. The van der Waals surface area contributed by atoms with Gasteiger partial charge < -0.3 is 10.6 Å². The maximum absolute atomic E-state index is 15.6. The van der Waals surface area contributed by atoms with Crippen molar-refractivity contribution in [1.82, 2.24) is 29.4 Å². The molecule has 0 bridgehead atoms. The van der Waals surface area contributed by atoms with Gasteiger partial charge in [0.15, 0.2) is 11.5 Å². The quantitative estimate of drug-likeness (QED) is 0.416. The van der Waals surface area contributed by atoms with Crippen LogP contribution in [-0.2, 0) is 7.05 Å². The van der Waals surface area contributed by atoms with Crippen LogP contribution in [0.4, 0.5) is 14.6 Å². The lowest BCUT2D eigenvalue weighted by atomic mass is 10.0. The molecule has 36 heavy (non-hydrogen) atoms. The first kappa shape index (κ1) is 22.1. The van der Waals surface area contributed by atoms with Gasteiger partial charge in [-0.2, -0.15) is 5.26 Å². The molecule has 6 rings (SSSR count).